The Morgan fingerprint density at radius 3 is 2.58 bits per heavy atom. The van der Waals surface area contributed by atoms with Gasteiger partial charge in [-0.3, -0.25) is 9.59 Å². The standard InChI is InChI=1S/C18H18N4O2/c1-11-10-16(23)21-22-17(11)12-6-8-13(9-7-12)20-18(24)14-4-2-3-5-15(14)19/h2-9,11H,10,19H2,1H3,(H,20,24)(H,21,23). The number of rotatable bonds is 3. The lowest BCUT2D eigenvalue weighted by Crippen LogP contribution is -2.31. The first kappa shape index (κ1) is 15.7. The second kappa shape index (κ2) is 6.54. The van der Waals surface area contributed by atoms with Gasteiger partial charge in [0.25, 0.3) is 5.91 Å². The first-order chi connectivity index (χ1) is 11.5. The molecular formula is C18H18N4O2. The third kappa shape index (κ3) is 3.27. The molecule has 0 bridgehead atoms. The van der Waals surface area contributed by atoms with Crippen molar-refractivity contribution in [2.24, 2.45) is 11.0 Å². The van der Waals surface area contributed by atoms with Crippen molar-refractivity contribution < 1.29 is 9.59 Å². The fourth-order valence-electron chi connectivity index (χ4n) is 2.63. The number of nitrogen functional groups attached to an aromatic ring is 1. The first-order valence-corrected chi connectivity index (χ1v) is 7.67. The normalized spacial score (nSPS) is 17.0. The van der Waals surface area contributed by atoms with Crippen LogP contribution in [0, 0.1) is 5.92 Å². The van der Waals surface area contributed by atoms with Crippen LogP contribution in [0.4, 0.5) is 11.4 Å². The Balaban J connectivity index is 1.75. The van der Waals surface area contributed by atoms with Crippen molar-refractivity contribution in [3.8, 4) is 0 Å². The summed E-state index contributed by atoms with van der Waals surface area (Å²) < 4.78 is 0. The summed E-state index contributed by atoms with van der Waals surface area (Å²) in [5.74, 6) is -0.268. The van der Waals surface area contributed by atoms with Gasteiger partial charge in [-0.25, -0.2) is 5.43 Å². The summed E-state index contributed by atoms with van der Waals surface area (Å²) >= 11 is 0. The highest BCUT2D eigenvalue weighted by atomic mass is 16.2. The summed E-state index contributed by atoms with van der Waals surface area (Å²) in [5.41, 5.74) is 11.6. The van der Waals surface area contributed by atoms with Gasteiger partial charge in [0.1, 0.15) is 0 Å². The number of hydrazone groups is 1. The van der Waals surface area contributed by atoms with Crippen LogP contribution in [-0.2, 0) is 4.79 Å². The fraction of sp³-hybridized carbons (Fsp3) is 0.167. The molecule has 1 heterocycles. The summed E-state index contributed by atoms with van der Waals surface area (Å²) in [6, 6.07) is 14.3. The van der Waals surface area contributed by atoms with Crippen molar-refractivity contribution in [1.82, 2.24) is 5.43 Å². The topological polar surface area (TPSA) is 96.6 Å². The van der Waals surface area contributed by atoms with E-state index in [-0.39, 0.29) is 17.7 Å². The molecule has 2 amide bonds. The van der Waals surface area contributed by atoms with E-state index < -0.39 is 0 Å². The SMILES string of the molecule is CC1CC(=O)NN=C1c1ccc(NC(=O)c2ccccc2N)cc1. The van der Waals surface area contributed by atoms with E-state index in [9.17, 15) is 9.59 Å². The van der Waals surface area contributed by atoms with Gasteiger partial charge in [0.2, 0.25) is 5.91 Å². The quantitative estimate of drug-likeness (QED) is 0.757. The van der Waals surface area contributed by atoms with Gasteiger partial charge >= 0.3 is 0 Å². The molecule has 3 rings (SSSR count). The Bertz CT molecular complexity index is 812. The highest BCUT2D eigenvalue weighted by molar-refractivity contribution is 6.08. The van der Waals surface area contributed by atoms with Gasteiger partial charge in [-0.05, 0) is 29.8 Å². The second-order valence-electron chi connectivity index (χ2n) is 5.76. The first-order valence-electron chi connectivity index (χ1n) is 7.67. The van der Waals surface area contributed by atoms with Crippen LogP contribution in [0.2, 0.25) is 0 Å². The number of nitrogens with one attached hydrogen (secondary N) is 2. The van der Waals surface area contributed by atoms with E-state index in [1.807, 2.05) is 19.1 Å². The van der Waals surface area contributed by atoms with Crippen LogP contribution in [-0.4, -0.2) is 17.5 Å². The molecule has 6 nitrogen and oxygen atoms in total. The molecule has 4 N–H and O–H groups in total. The number of para-hydroxylation sites is 1. The molecule has 24 heavy (non-hydrogen) atoms. The number of nitrogens with two attached hydrogens (primary N) is 1. The zero-order valence-corrected chi connectivity index (χ0v) is 13.2. The molecule has 0 fully saturated rings. The predicted molar refractivity (Wildman–Crippen MR) is 93.7 cm³/mol. The molecule has 0 saturated carbocycles. The molecule has 0 saturated heterocycles. The van der Waals surface area contributed by atoms with Crippen LogP contribution in [0.3, 0.4) is 0 Å². The van der Waals surface area contributed by atoms with E-state index in [1.165, 1.54) is 0 Å². The zero-order chi connectivity index (χ0) is 17.1. The van der Waals surface area contributed by atoms with Crippen molar-refractivity contribution >= 4 is 28.9 Å². The van der Waals surface area contributed by atoms with Crippen LogP contribution in [0.5, 0.6) is 0 Å². The number of benzene rings is 2. The number of hydrogen-bond acceptors (Lipinski definition) is 4. The average molecular weight is 322 g/mol. The molecule has 2 aromatic carbocycles. The lowest BCUT2D eigenvalue weighted by Gasteiger charge is -2.19. The van der Waals surface area contributed by atoms with Crippen molar-refractivity contribution in [1.29, 1.82) is 0 Å². The fourth-order valence-corrected chi connectivity index (χ4v) is 2.63. The molecule has 1 aliphatic heterocycles. The number of hydrogen-bond donors (Lipinski definition) is 3. The Morgan fingerprint density at radius 2 is 1.92 bits per heavy atom. The molecule has 0 aromatic heterocycles. The van der Waals surface area contributed by atoms with E-state index in [4.69, 9.17) is 5.73 Å². The average Bonchev–Trinajstić information content (AvgIpc) is 2.56. The summed E-state index contributed by atoms with van der Waals surface area (Å²) in [4.78, 5) is 23.6. The smallest absolute Gasteiger partial charge is 0.257 e. The maximum absolute atomic E-state index is 12.2. The summed E-state index contributed by atoms with van der Waals surface area (Å²) in [6.45, 7) is 1.96. The molecule has 1 unspecified atom stereocenters. The largest absolute Gasteiger partial charge is 0.398 e. The van der Waals surface area contributed by atoms with E-state index >= 15 is 0 Å². The van der Waals surface area contributed by atoms with Gasteiger partial charge in [-0.1, -0.05) is 31.2 Å². The number of carbonyl (C=O) groups excluding carboxylic acids is 2. The highest BCUT2D eigenvalue weighted by Crippen LogP contribution is 2.19. The summed E-state index contributed by atoms with van der Waals surface area (Å²) in [7, 11) is 0. The lowest BCUT2D eigenvalue weighted by molar-refractivity contribution is -0.121. The monoisotopic (exact) mass is 322 g/mol. The number of carbonyl (C=O) groups is 2. The summed E-state index contributed by atoms with van der Waals surface area (Å²) in [6.07, 6.45) is 0.421. The van der Waals surface area contributed by atoms with Crippen LogP contribution in [0.25, 0.3) is 0 Å². The van der Waals surface area contributed by atoms with Crippen LogP contribution in [0.15, 0.2) is 53.6 Å². The molecule has 6 heteroatoms. The van der Waals surface area contributed by atoms with E-state index in [1.54, 1.807) is 36.4 Å². The maximum Gasteiger partial charge on any atom is 0.257 e. The van der Waals surface area contributed by atoms with Crippen LogP contribution >= 0.6 is 0 Å². The molecule has 0 radical (unpaired) electrons. The van der Waals surface area contributed by atoms with Gasteiger partial charge in [-0.15, -0.1) is 0 Å². The maximum atomic E-state index is 12.2. The van der Waals surface area contributed by atoms with Gasteiger partial charge in [0.05, 0.1) is 11.3 Å². The van der Waals surface area contributed by atoms with Gasteiger partial charge < -0.3 is 11.1 Å². The van der Waals surface area contributed by atoms with Crippen LogP contribution < -0.4 is 16.5 Å². The Hall–Kier alpha value is -3.15. The molecule has 0 aliphatic carbocycles. The minimum atomic E-state index is -0.253. The zero-order valence-electron chi connectivity index (χ0n) is 13.2. The van der Waals surface area contributed by atoms with Crippen molar-refractivity contribution in [3.63, 3.8) is 0 Å². The molecule has 1 aliphatic rings. The van der Waals surface area contributed by atoms with Crippen molar-refractivity contribution in [2.75, 3.05) is 11.1 Å². The molecule has 2 aromatic rings. The lowest BCUT2D eigenvalue weighted by atomic mass is 9.94. The number of amides is 2. The van der Waals surface area contributed by atoms with Crippen molar-refractivity contribution in [2.45, 2.75) is 13.3 Å². The van der Waals surface area contributed by atoms with Crippen LogP contribution in [0.1, 0.15) is 29.3 Å². The third-order valence-corrected chi connectivity index (χ3v) is 3.90. The molecule has 1 atom stereocenters. The molecular weight excluding hydrogens is 304 g/mol. The van der Waals surface area contributed by atoms with Crippen molar-refractivity contribution in [3.05, 3.63) is 59.7 Å². The highest BCUT2D eigenvalue weighted by Gasteiger charge is 2.21. The third-order valence-electron chi connectivity index (χ3n) is 3.90. The Labute approximate surface area is 139 Å². The minimum Gasteiger partial charge on any atom is -0.398 e. The Kier molecular flexibility index (Phi) is 4.29. The number of anilines is 2. The predicted octanol–water partition coefficient (Wildman–Crippen LogP) is 2.38. The van der Waals surface area contributed by atoms with E-state index in [2.05, 4.69) is 15.8 Å². The minimum absolute atomic E-state index is 0.0586. The van der Waals surface area contributed by atoms with Gasteiger partial charge in [0, 0.05) is 23.7 Å². The van der Waals surface area contributed by atoms with Gasteiger partial charge in [0.15, 0.2) is 0 Å². The second-order valence-corrected chi connectivity index (χ2v) is 5.76. The summed E-state index contributed by atoms with van der Waals surface area (Å²) in [5, 5.41) is 6.94. The van der Waals surface area contributed by atoms with E-state index in [0.717, 1.165) is 11.3 Å². The molecule has 122 valence electrons. The number of nitrogens with zero attached hydrogens (tertiary/aromatic N) is 1. The van der Waals surface area contributed by atoms with Gasteiger partial charge in [-0.2, -0.15) is 5.10 Å². The Morgan fingerprint density at radius 1 is 1.21 bits per heavy atom. The van der Waals surface area contributed by atoms with E-state index in [0.29, 0.717) is 23.4 Å². The molecule has 0 spiro atoms.